The maximum atomic E-state index is 12.6. The molecular weight excluding hydrogens is 416 g/mol. The fraction of sp³-hybridized carbons (Fsp3) is 0.308. The summed E-state index contributed by atoms with van der Waals surface area (Å²) in [5.74, 6) is -0.00408. The van der Waals surface area contributed by atoms with E-state index in [1.165, 1.54) is 10.3 Å². The summed E-state index contributed by atoms with van der Waals surface area (Å²) < 4.78 is 1.28. The van der Waals surface area contributed by atoms with Gasteiger partial charge in [-0.05, 0) is 41.0 Å². The van der Waals surface area contributed by atoms with Gasteiger partial charge in [-0.15, -0.1) is 0 Å². The number of hydrogen-bond donors (Lipinski definition) is 1. The van der Waals surface area contributed by atoms with Crippen LogP contribution in [-0.2, 0) is 6.42 Å². The fourth-order valence-electron chi connectivity index (χ4n) is 4.34. The highest BCUT2D eigenvalue weighted by molar-refractivity contribution is 7.22. The minimum absolute atomic E-state index is 0.00408. The van der Waals surface area contributed by atoms with E-state index in [0.29, 0.717) is 6.54 Å². The molecule has 1 aliphatic heterocycles. The van der Waals surface area contributed by atoms with Gasteiger partial charge >= 0.3 is 0 Å². The average Bonchev–Trinajstić information content (AvgIpc) is 3.28. The first kappa shape index (κ1) is 20.9. The van der Waals surface area contributed by atoms with Gasteiger partial charge in [0.2, 0.25) is 0 Å². The largest absolute Gasteiger partial charge is 0.351 e. The Morgan fingerprint density at radius 2 is 1.81 bits per heavy atom. The predicted molar refractivity (Wildman–Crippen MR) is 134 cm³/mol. The number of nitrogens with one attached hydrogen (secondary N) is 1. The van der Waals surface area contributed by atoms with Gasteiger partial charge in [0.1, 0.15) is 0 Å². The van der Waals surface area contributed by atoms with Crippen LogP contribution in [0.4, 0.5) is 5.13 Å². The highest BCUT2D eigenvalue weighted by Gasteiger charge is 2.20. The van der Waals surface area contributed by atoms with E-state index >= 15 is 0 Å². The van der Waals surface area contributed by atoms with Gasteiger partial charge in [-0.25, -0.2) is 4.98 Å². The molecule has 0 unspecified atom stereocenters. The normalized spacial score (nSPS) is 14.8. The van der Waals surface area contributed by atoms with Crippen LogP contribution in [0.1, 0.15) is 22.8 Å². The molecule has 0 spiro atoms. The Balaban J connectivity index is 1.12. The molecule has 0 saturated carbocycles. The van der Waals surface area contributed by atoms with Crippen LogP contribution in [0.15, 0.2) is 60.7 Å². The summed E-state index contributed by atoms with van der Waals surface area (Å²) in [6.45, 7) is 7.63. The number of anilines is 1. The Kier molecular flexibility index (Phi) is 6.06. The maximum absolute atomic E-state index is 12.6. The van der Waals surface area contributed by atoms with E-state index in [2.05, 4.69) is 46.3 Å². The lowest BCUT2D eigenvalue weighted by atomic mass is 10.1. The van der Waals surface area contributed by atoms with Gasteiger partial charge in [0.15, 0.2) is 5.13 Å². The van der Waals surface area contributed by atoms with Crippen LogP contribution in [0.25, 0.3) is 21.0 Å². The summed E-state index contributed by atoms with van der Waals surface area (Å²) in [5.41, 5.74) is 3.20. The van der Waals surface area contributed by atoms with Crippen molar-refractivity contribution in [2.24, 2.45) is 0 Å². The SMILES string of the molecule is CCc1cccc2sc(N3CCN(CCNC(=O)c4ccc5ccccc5c4)CC3)nc12. The molecule has 5 rings (SSSR count). The molecule has 1 aliphatic rings. The molecule has 164 valence electrons. The van der Waals surface area contributed by atoms with E-state index < -0.39 is 0 Å². The second-order valence-electron chi connectivity index (χ2n) is 8.26. The van der Waals surface area contributed by atoms with E-state index in [1.54, 1.807) is 11.3 Å². The molecule has 3 aromatic carbocycles. The van der Waals surface area contributed by atoms with Crippen LogP contribution >= 0.6 is 11.3 Å². The molecule has 0 atom stereocenters. The summed E-state index contributed by atoms with van der Waals surface area (Å²) in [7, 11) is 0. The lowest BCUT2D eigenvalue weighted by molar-refractivity contribution is 0.0948. The molecule has 2 heterocycles. The van der Waals surface area contributed by atoms with Gasteiger partial charge in [-0.2, -0.15) is 0 Å². The molecule has 6 heteroatoms. The smallest absolute Gasteiger partial charge is 0.251 e. The standard InChI is InChI=1S/C26H28N4OS/c1-2-19-8-5-9-23-24(19)28-26(32-23)30-16-14-29(15-17-30)13-12-27-25(31)22-11-10-20-6-3-4-7-21(20)18-22/h3-11,18H,2,12-17H2,1H3,(H,27,31). The number of carbonyl (C=O) groups is 1. The van der Waals surface area contributed by atoms with Gasteiger partial charge in [-0.3, -0.25) is 9.69 Å². The summed E-state index contributed by atoms with van der Waals surface area (Å²) in [4.78, 5) is 22.3. The number of aryl methyl sites for hydroxylation is 1. The number of amides is 1. The summed E-state index contributed by atoms with van der Waals surface area (Å²) in [6, 6.07) is 20.5. The Morgan fingerprint density at radius 1 is 1.00 bits per heavy atom. The first-order chi connectivity index (χ1) is 15.7. The third-order valence-corrected chi connectivity index (χ3v) is 7.32. The van der Waals surface area contributed by atoms with Crippen molar-refractivity contribution in [1.29, 1.82) is 0 Å². The first-order valence-electron chi connectivity index (χ1n) is 11.3. The zero-order valence-corrected chi connectivity index (χ0v) is 19.2. The van der Waals surface area contributed by atoms with Crippen LogP contribution in [0.2, 0.25) is 0 Å². The lowest BCUT2D eigenvalue weighted by Crippen LogP contribution is -2.48. The van der Waals surface area contributed by atoms with E-state index in [4.69, 9.17) is 4.98 Å². The number of rotatable bonds is 6. The molecule has 1 saturated heterocycles. The van der Waals surface area contributed by atoms with Crippen LogP contribution in [0.5, 0.6) is 0 Å². The van der Waals surface area contributed by atoms with Crippen molar-refractivity contribution >= 4 is 43.4 Å². The van der Waals surface area contributed by atoms with Gasteiger partial charge < -0.3 is 10.2 Å². The number of fused-ring (bicyclic) bond motifs is 2. The Bertz CT molecular complexity index is 1240. The number of carbonyl (C=O) groups excluding carboxylic acids is 1. The van der Waals surface area contributed by atoms with Crippen molar-refractivity contribution in [3.63, 3.8) is 0 Å². The fourth-order valence-corrected chi connectivity index (χ4v) is 5.40. The second kappa shape index (κ2) is 9.27. The molecule has 1 aromatic heterocycles. The molecule has 1 amide bonds. The minimum atomic E-state index is -0.00408. The van der Waals surface area contributed by atoms with Crippen molar-refractivity contribution in [3.8, 4) is 0 Å². The second-order valence-corrected chi connectivity index (χ2v) is 9.27. The number of para-hydroxylation sites is 1. The number of benzene rings is 3. The van der Waals surface area contributed by atoms with Crippen LogP contribution in [-0.4, -0.2) is 55.1 Å². The predicted octanol–water partition coefficient (Wildman–Crippen LogP) is 4.56. The monoisotopic (exact) mass is 444 g/mol. The van der Waals surface area contributed by atoms with Crippen molar-refractivity contribution in [3.05, 3.63) is 71.8 Å². The summed E-state index contributed by atoms with van der Waals surface area (Å²) in [6.07, 6.45) is 1.01. The molecule has 1 N–H and O–H groups in total. The lowest BCUT2D eigenvalue weighted by Gasteiger charge is -2.34. The zero-order valence-electron chi connectivity index (χ0n) is 18.4. The number of aromatic nitrogens is 1. The van der Waals surface area contributed by atoms with Crippen LogP contribution < -0.4 is 10.2 Å². The topological polar surface area (TPSA) is 48.5 Å². The number of thiazole rings is 1. The Hall–Kier alpha value is -2.96. The average molecular weight is 445 g/mol. The molecule has 1 fully saturated rings. The Labute approximate surface area is 192 Å². The Morgan fingerprint density at radius 3 is 2.62 bits per heavy atom. The van der Waals surface area contributed by atoms with E-state index in [9.17, 15) is 4.79 Å². The van der Waals surface area contributed by atoms with E-state index in [1.807, 2.05) is 36.4 Å². The van der Waals surface area contributed by atoms with Gasteiger partial charge in [0.25, 0.3) is 5.91 Å². The van der Waals surface area contributed by atoms with Gasteiger partial charge in [-0.1, -0.05) is 60.7 Å². The van der Waals surface area contributed by atoms with E-state index in [0.717, 1.165) is 66.1 Å². The van der Waals surface area contributed by atoms with Crippen molar-refractivity contribution in [1.82, 2.24) is 15.2 Å². The maximum Gasteiger partial charge on any atom is 0.251 e. The number of piperazine rings is 1. The van der Waals surface area contributed by atoms with Crippen LogP contribution in [0, 0.1) is 0 Å². The molecule has 0 bridgehead atoms. The minimum Gasteiger partial charge on any atom is -0.351 e. The van der Waals surface area contributed by atoms with Crippen molar-refractivity contribution < 1.29 is 4.79 Å². The third-order valence-electron chi connectivity index (χ3n) is 6.24. The first-order valence-corrected chi connectivity index (χ1v) is 12.2. The van der Waals surface area contributed by atoms with Crippen molar-refractivity contribution in [2.75, 3.05) is 44.2 Å². The quantitative estimate of drug-likeness (QED) is 0.474. The molecule has 4 aromatic rings. The van der Waals surface area contributed by atoms with Crippen molar-refractivity contribution in [2.45, 2.75) is 13.3 Å². The highest BCUT2D eigenvalue weighted by atomic mass is 32.1. The zero-order chi connectivity index (χ0) is 21.9. The van der Waals surface area contributed by atoms with Gasteiger partial charge in [0, 0.05) is 44.8 Å². The van der Waals surface area contributed by atoms with Crippen LogP contribution in [0.3, 0.4) is 0 Å². The third kappa shape index (κ3) is 4.33. The van der Waals surface area contributed by atoms with Gasteiger partial charge in [0.05, 0.1) is 10.2 Å². The molecular formula is C26H28N4OS. The summed E-state index contributed by atoms with van der Waals surface area (Å²) in [5, 5.41) is 6.46. The molecule has 0 radical (unpaired) electrons. The number of nitrogens with zero attached hydrogens (tertiary/aromatic N) is 3. The summed E-state index contributed by atoms with van der Waals surface area (Å²) >= 11 is 1.79. The number of hydrogen-bond acceptors (Lipinski definition) is 5. The molecule has 32 heavy (non-hydrogen) atoms. The molecule has 0 aliphatic carbocycles. The highest BCUT2D eigenvalue weighted by Crippen LogP contribution is 2.31. The molecule has 5 nitrogen and oxygen atoms in total. The van der Waals surface area contributed by atoms with E-state index in [-0.39, 0.29) is 5.91 Å².